The molecule has 0 aromatic carbocycles. The van der Waals surface area contributed by atoms with Crippen LogP contribution in [0.2, 0.25) is 14.8 Å². The van der Waals surface area contributed by atoms with E-state index in [9.17, 15) is 0 Å². The number of thiophene rings is 4. The van der Waals surface area contributed by atoms with E-state index >= 15 is 0 Å². The van der Waals surface area contributed by atoms with Crippen LogP contribution >= 0.6 is 45.3 Å². The Hall–Kier alpha value is -0.401. The van der Waals surface area contributed by atoms with E-state index in [-0.39, 0.29) is 18.3 Å². The first-order chi connectivity index (χ1) is 28.4. The predicted octanol–water partition coefficient (Wildman–Crippen LogP) is 20.1. The molecule has 6 rings (SSSR count). The van der Waals surface area contributed by atoms with Crippen LogP contribution in [0.15, 0.2) is 35.0 Å². The van der Waals surface area contributed by atoms with Gasteiger partial charge in [0, 0.05) is 15.2 Å². The second-order valence-corrected chi connectivity index (χ2v) is 39.7. The van der Waals surface area contributed by atoms with Gasteiger partial charge in [-0.1, -0.05) is 86.5 Å². The summed E-state index contributed by atoms with van der Waals surface area (Å²) in [6, 6.07) is 10.3. The van der Waals surface area contributed by atoms with E-state index in [0.717, 1.165) is 23.7 Å². The van der Waals surface area contributed by atoms with Crippen LogP contribution in [0.4, 0.5) is 0 Å². The Balaban J connectivity index is 0.000000264. The molecule has 2 aliphatic rings. The van der Waals surface area contributed by atoms with E-state index in [2.05, 4.69) is 135 Å². The van der Waals surface area contributed by atoms with E-state index < -0.39 is 18.4 Å². The standard InChI is InChI=1S/C26H39S2.C25H38S2.CH4.3CH3.Sn/c1-6-10-12-20(8-3)17-26(18-21(9-4)13-11-7-2)22-14-15-27-24(22)25-23(26)16-19(5)28-25;1-5-9-11-19(7-3)17-25(18-20(8-4)12-10-6-2)21-13-15-26-23(21)24-22(25)14-16-27-24;;;;;/h14,16,20-21H,6-13,17-18H2,1-5H3;13-16,19-20H,5-12,17-18H2,1-4H3;1H4;3*1H3;. The van der Waals surface area contributed by atoms with Crippen molar-refractivity contribution in [1.82, 2.24) is 0 Å². The zero-order valence-electron chi connectivity index (χ0n) is 40.0. The predicted molar refractivity (Wildman–Crippen MR) is 283 cm³/mol. The molecule has 0 bridgehead atoms. The maximum Gasteiger partial charge on any atom is 0.0486 e. The van der Waals surface area contributed by atoms with Crippen molar-refractivity contribution in [1.29, 1.82) is 0 Å². The SMILES string of the molecule is C.CCCCC(CC)CC1(CC(CC)CCCC)c2cc(C)sc2-c2s[c]([Sn]([CH3])([CH3])[CH3])cc21.CCCCC(CC)CC1(CC(CC)CCCC)c2ccsc2-c2sccc21. The number of fused-ring (bicyclic) bond motifs is 6. The summed E-state index contributed by atoms with van der Waals surface area (Å²) in [5, 5.41) is 4.70. The third-order valence-corrected chi connectivity index (χ3v) is 28.6. The van der Waals surface area contributed by atoms with Gasteiger partial charge in [0.1, 0.15) is 0 Å². The van der Waals surface area contributed by atoms with Gasteiger partial charge in [0.05, 0.1) is 0 Å². The Kier molecular flexibility index (Phi) is 21.1. The molecular weight excluding hydrogens is 908 g/mol. The molecule has 0 spiro atoms. The Morgan fingerprint density at radius 1 is 0.483 bits per heavy atom. The fraction of sp³-hybridized carbons (Fsp3) is 0.709. The summed E-state index contributed by atoms with van der Waals surface area (Å²) in [6.45, 7) is 21.5. The van der Waals surface area contributed by atoms with E-state index in [1.807, 2.05) is 22.7 Å². The van der Waals surface area contributed by atoms with Crippen LogP contribution < -0.4 is 2.89 Å². The molecule has 2 aliphatic carbocycles. The van der Waals surface area contributed by atoms with Crippen molar-refractivity contribution in [3.8, 4) is 19.5 Å². The summed E-state index contributed by atoms with van der Waals surface area (Å²) in [6.07, 6.45) is 27.2. The summed E-state index contributed by atoms with van der Waals surface area (Å²) in [5.41, 5.74) is 7.40. The third-order valence-electron chi connectivity index (χ3n) is 14.9. The van der Waals surface area contributed by atoms with Crippen LogP contribution in [0, 0.1) is 30.6 Å². The number of hydrogen-bond acceptors (Lipinski definition) is 4. The van der Waals surface area contributed by atoms with Gasteiger partial charge in [0.25, 0.3) is 0 Å². The fourth-order valence-electron chi connectivity index (χ4n) is 11.1. The van der Waals surface area contributed by atoms with Gasteiger partial charge in [-0.15, -0.1) is 22.7 Å². The van der Waals surface area contributed by atoms with Gasteiger partial charge >= 0.3 is 213 Å². The van der Waals surface area contributed by atoms with Crippen molar-refractivity contribution in [2.75, 3.05) is 0 Å². The summed E-state index contributed by atoms with van der Waals surface area (Å²) in [4.78, 5) is 15.8. The van der Waals surface area contributed by atoms with Gasteiger partial charge in [0.15, 0.2) is 0 Å². The monoisotopic (exact) mass is 998 g/mol. The molecule has 0 fully saturated rings. The van der Waals surface area contributed by atoms with Crippen LogP contribution in [0.1, 0.15) is 218 Å². The first-order valence-corrected chi connectivity index (χ1v) is 38.2. The van der Waals surface area contributed by atoms with Crippen LogP contribution in [-0.4, -0.2) is 18.4 Å². The Morgan fingerprint density at radius 2 is 0.833 bits per heavy atom. The molecule has 4 aromatic heterocycles. The van der Waals surface area contributed by atoms with E-state index in [1.54, 1.807) is 44.7 Å². The van der Waals surface area contributed by atoms with E-state index in [0.29, 0.717) is 0 Å². The van der Waals surface area contributed by atoms with Gasteiger partial charge in [-0.3, -0.25) is 0 Å². The topological polar surface area (TPSA) is 0 Å². The fourth-order valence-corrected chi connectivity index (χ4v) is 21.0. The minimum absolute atomic E-state index is 0. The third kappa shape index (κ3) is 11.7. The maximum absolute atomic E-state index is 2.75. The van der Waals surface area contributed by atoms with Crippen LogP contribution in [0.5, 0.6) is 0 Å². The summed E-state index contributed by atoms with van der Waals surface area (Å²) in [7, 11) is 0. The van der Waals surface area contributed by atoms with Crippen LogP contribution in [0.3, 0.4) is 0 Å². The maximum atomic E-state index is 2.75. The minimum atomic E-state index is -2.11. The Bertz CT molecular complexity index is 1750. The molecule has 4 heterocycles. The smallest absolute Gasteiger partial charge is 0.0486 e. The largest absolute Gasteiger partial charge is 0.143 e. The molecule has 4 aromatic rings. The number of unbranched alkanes of at least 4 members (excludes halogenated alkanes) is 4. The van der Waals surface area contributed by atoms with E-state index in [1.165, 1.54) is 133 Å². The van der Waals surface area contributed by atoms with Crippen molar-refractivity contribution < 1.29 is 0 Å². The molecule has 0 amide bonds. The molecule has 0 aliphatic heterocycles. The molecule has 0 saturated heterocycles. The molecule has 338 valence electrons. The second kappa shape index (κ2) is 24.2. The second-order valence-electron chi connectivity index (χ2n) is 20.2. The molecule has 5 heteroatoms. The summed E-state index contributed by atoms with van der Waals surface area (Å²) in [5.74, 6) is 3.40. The summed E-state index contributed by atoms with van der Waals surface area (Å²) < 4.78 is 1.79. The molecule has 0 nitrogen and oxygen atoms in total. The normalized spacial score (nSPS) is 18.1. The van der Waals surface area contributed by atoms with Gasteiger partial charge in [-0.2, -0.15) is 0 Å². The van der Waals surface area contributed by atoms with Gasteiger partial charge in [-0.25, -0.2) is 0 Å². The average Bonchev–Trinajstić information content (AvgIpc) is 4.08. The number of aryl methyl sites for hydroxylation is 1. The zero-order valence-corrected chi connectivity index (χ0v) is 46.2. The molecule has 60 heavy (non-hydrogen) atoms. The van der Waals surface area contributed by atoms with Crippen molar-refractivity contribution >= 4 is 66.6 Å². The number of hydrogen-bond donors (Lipinski definition) is 0. The molecular formula is C55H90S4Sn. The first kappa shape index (κ1) is 52.2. The van der Waals surface area contributed by atoms with Gasteiger partial charge in [0.2, 0.25) is 0 Å². The molecule has 4 atom stereocenters. The quantitative estimate of drug-likeness (QED) is 0.0581. The zero-order chi connectivity index (χ0) is 42.8. The molecule has 0 saturated carbocycles. The van der Waals surface area contributed by atoms with Crippen molar-refractivity contribution in [3.63, 3.8) is 0 Å². The van der Waals surface area contributed by atoms with Crippen molar-refractivity contribution in [2.24, 2.45) is 23.7 Å². The number of rotatable bonds is 25. The Labute approximate surface area is 392 Å². The molecule has 4 unspecified atom stereocenters. The van der Waals surface area contributed by atoms with Gasteiger partial charge < -0.3 is 0 Å². The molecule has 0 radical (unpaired) electrons. The molecule has 0 N–H and O–H groups in total. The minimum Gasteiger partial charge on any atom is -0.143 e. The van der Waals surface area contributed by atoms with Crippen molar-refractivity contribution in [2.45, 2.75) is 224 Å². The van der Waals surface area contributed by atoms with Crippen LogP contribution in [-0.2, 0) is 10.8 Å². The average molecular weight is 998 g/mol. The van der Waals surface area contributed by atoms with Crippen molar-refractivity contribution in [3.05, 3.63) is 62.2 Å². The van der Waals surface area contributed by atoms with Gasteiger partial charge in [-0.05, 0) is 58.7 Å². The van der Waals surface area contributed by atoms with Crippen LogP contribution in [0.25, 0.3) is 19.5 Å². The summed E-state index contributed by atoms with van der Waals surface area (Å²) >= 11 is 6.12. The Morgan fingerprint density at radius 3 is 1.18 bits per heavy atom. The first-order valence-electron chi connectivity index (χ1n) is 24.8. The van der Waals surface area contributed by atoms with E-state index in [4.69, 9.17) is 0 Å².